The Balaban J connectivity index is 2.06. The first-order chi connectivity index (χ1) is 5.77. The van der Waals surface area contributed by atoms with Crippen LogP contribution in [0.2, 0.25) is 0 Å². The molecule has 0 aromatic heterocycles. The van der Waals surface area contributed by atoms with E-state index >= 15 is 0 Å². The second-order valence-electron chi connectivity index (χ2n) is 3.66. The number of ether oxygens (including phenoxy) is 2. The zero-order valence-electron chi connectivity index (χ0n) is 7.45. The summed E-state index contributed by atoms with van der Waals surface area (Å²) >= 11 is 0. The summed E-state index contributed by atoms with van der Waals surface area (Å²) in [6.07, 6.45) is 3.33. The van der Waals surface area contributed by atoms with Crippen molar-refractivity contribution in [3.63, 3.8) is 0 Å². The van der Waals surface area contributed by atoms with Gasteiger partial charge in [0.15, 0.2) is 5.79 Å². The fraction of sp³-hybridized carbons (Fsp3) is 1.00. The Hall–Kier alpha value is -0.120. The zero-order valence-corrected chi connectivity index (χ0v) is 7.45. The number of hydrogen-bond acceptors (Lipinski definition) is 3. The van der Waals surface area contributed by atoms with Crippen LogP contribution < -0.4 is 0 Å². The molecule has 12 heavy (non-hydrogen) atoms. The summed E-state index contributed by atoms with van der Waals surface area (Å²) in [6.45, 7) is 2.80. The molecular weight excluding hydrogens is 156 g/mol. The van der Waals surface area contributed by atoms with Crippen LogP contribution in [0.15, 0.2) is 0 Å². The molecule has 0 aliphatic carbocycles. The largest absolute Gasteiger partial charge is 0.387 e. The maximum absolute atomic E-state index is 9.73. The second-order valence-corrected chi connectivity index (χ2v) is 3.66. The molecule has 1 spiro atoms. The van der Waals surface area contributed by atoms with E-state index in [2.05, 4.69) is 6.92 Å². The maximum atomic E-state index is 9.73. The van der Waals surface area contributed by atoms with Crippen LogP contribution in [0, 0.1) is 0 Å². The molecule has 3 atom stereocenters. The van der Waals surface area contributed by atoms with Crippen molar-refractivity contribution >= 4 is 0 Å². The predicted molar refractivity (Wildman–Crippen MR) is 43.7 cm³/mol. The molecule has 0 aromatic carbocycles. The number of aliphatic hydroxyl groups excluding tert-OH is 1. The highest BCUT2D eigenvalue weighted by Crippen LogP contribution is 2.40. The third kappa shape index (κ3) is 1.16. The summed E-state index contributed by atoms with van der Waals surface area (Å²) in [5, 5.41) is 9.73. The molecule has 2 aliphatic rings. The molecule has 0 aromatic rings. The van der Waals surface area contributed by atoms with E-state index < -0.39 is 11.9 Å². The minimum atomic E-state index is -0.624. The third-order valence-corrected chi connectivity index (χ3v) is 2.83. The third-order valence-electron chi connectivity index (χ3n) is 2.83. The minimum Gasteiger partial charge on any atom is -0.387 e. The number of hydrogen-bond donors (Lipinski definition) is 1. The Labute approximate surface area is 72.7 Å². The Kier molecular flexibility index (Phi) is 2.10. The van der Waals surface area contributed by atoms with Crippen LogP contribution >= 0.6 is 0 Å². The summed E-state index contributed by atoms with van der Waals surface area (Å²) < 4.78 is 11.2. The lowest BCUT2D eigenvalue weighted by molar-refractivity contribution is -0.232. The summed E-state index contributed by atoms with van der Waals surface area (Å²) in [5.74, 6) is -0.624. The Morgan fingerprint density at radius 3 is 2.92 bits per heavy atom. The monoisotopic (exact) mass is 172 g/mol. The number of rotatable bonds is 1. The van der Waals surface area contributed by atoms with Gasteiger partial charge in [0, 0.05) is 12.8 Å². The highest BCUT2D eigenvalue weighted by Gasteiger charge is 2.50. The molecule has 2 heterocycles. The van der Waals surface area contributed by atoms with Gasteiger partial charge in [-0.2, -0.15) is 0 Å². The van der Waals surface area contributed by atoms with E-state index in [1.165, 1.54) is 0 Å². The highest BCUT2D eigenvalue weighted by atomic mass is 16.7. The average Bonchev–Trinajstić information content (AvgIpc) is 2.63. The van der Waals surface area contributed by atoms with Gasteiger partial charge >= 0.3 is 0 Å². The highest BCUT2D eigenvalue weighted by molar-refractivity contribution is 4.91. The molecule has 0 bridgehead atoms. The van der Waals surface area contributed by atoms with E-state index in [0.717, 1.165) is 32.3 Å². The standard InChI is InChI=1S/C9H16O3/c1-2-7-6-8(10)9(12-7)4-3-5-11-9/h7-8,10H,2-6H2,1H3/t7-,8-,9+/m0/s1. The number of aliphatic hydroxyl groups is 1. The maximum Gasteiger partial charge on any atom is 0.194 e. The SMILES string of the molecule is CC[C@H]1C[C@H](O)[C@@]2(CCCO2)O1. The predicted octanol–water partition coefficient (Wildman–Crippen LogP) is 1.05. The van der Waals surface area contributed by atoms with Crippen LogP contribution in [-0.4, -0.2) is 29.7 Å². The Morgan fingerprint density at radius 2 is 2.42 bits per heavy atom. The van der Waals surface area contributed by atoms with Crippen LogP contribution in [0.1, 0.15) is 32.6 Å². The molecule has 1 N–H and O–H groups in total. The molecular formula is C9H16O3. The van der Waals surface area contributed by atoms with E-state index in [9.17, 15) is 5.11 Å². The van der Waals surface area contributed by atoms with E-state index in [4.69, 9.17) is 9.47 Å². The molecule has 0 saturated carbocycles. The van der Waals surface area contributed by atoms with Gasteiger partial charge in [-0.15, -0.1) is 0 Å². The second kappa shape index (κ2) is 2.98. The molecule has 70 valence electrons. The van der Waals surface area contributed by atoms with Crippen molar-refractivity contribution in [1.82, 2.24) is 0 Å². The first-order valence-electron chi connectivity index (χ1n) is 4.76. The zero-order chi connectivity index (χ0) is 8.60. The molecule has 2 rings (SSSR count). The van der Waals surface area contributed by atoms with Gasteiger partial charge in [-0.05, 0) is 12.8 Å². The summed E-state index contributed by atoms with van der Waals surface area (Å²) in [5.41, 5.74) is 0. The van der Waals surface area contributed by atoms with Crippen LogP contribution in [0.5, 0.6) is 0 Å². The van der Waals surface area contributed by atoms with E-state index in [1.54, 1.807) is 0 Å². The topological polar surface area (TPSA) is 38.7 Å². The van der Waals surface area contributed by atoms with Gasteiger partial charge in [0.05, 0.1) is 12.7 Å². The van der Waals surface area contributed by atoms with Crippen LogP contribution in [0.25, 0.3) is 0 Å². The fourth-order valence-corrected chi connectivity index (χ4v) is 2.08. The summed E-state index contributed by atoms with van der Waals surface area (Å²) in [6, 6.07) is 0. The lowest BCUT2D eigenvalue weighted by atomic mass is 10.0. The van der Waals surface area contributed by atoms with Crippen molar-refractivity contribution in [3.8, 4) is 0 Å². The van der Waals surface area contributed by atoms with Crippen molar-refractivity contribution in [1.29, 1.82) is 0 Å². The van der Waals surface area contributed by atoms with Crippen molar-refractivity contribution in [2.45, 2.75) is 50.6 Å². The molecule has 2 fully saturated rings. The molecule has 2 aliphatic heterocycles. The quantitative estimate of drug-likeness (QED) is 0.642. The van der Waals surface area contributed by atoms with Crippen molar-refractivity contribution in [3.05, 3.63) is 0 Å². The van der Waals surface area contributed by atoms with E-state index in [-0.39, 0.29) is 6.10 Å². The first kappa shape index (κ1) is 8.48. The fourth-order valence-electron chi connectivity index (χ4n) is 2.08. The average molecular weight is 172 g/mol. The van der Waals surface area contributed by atoms with Gasteiger partial charge in [-0.1, -0.05) is 6.92 Å². The summed E-state index contributed by atoms with van der Waals surface area (Å²) in [7, 11) is 0. The van der Waals surface area contributed by atoms with Gasteiger partial charge in [0.2, 0.25) is 0 Å². The van der Waals surface area contributed by atoms with Crippen molar-refractivity contribution in [2.24, 2.45) is 0 Å². The Morgan fingerprint density at radius 1 is 1.58 bits per heavy atom. The van der Waals surface area contributed by atoms with Crippen molar-refractivity contribution in [2.75, 3.05) is 6.61 Å². The van der Waals surface area contributed by atoms with Gasteiger partial charge < -0.3 is 14.6 Å². The van der Waals surface area contributed by atoms with Gasteiger partial charge in [0.1, 0.15) is 6.10 Å². The lowest BCUT2D eigenvalue weighted by Crippen LogP contribution is -2.38. The van der Waals surface area contributed by atoms with Crippen LogP contribution in [0.3, 0.4) is 0 Å². The van der Waals surface area contributed by atoms with Crippen molar-refractivity contribution < 1.29 is 14.6 Å². The van der Waals surface area contributed by atoms with Gasteiger partial charge in [-0.3, -0.25) is 0 Å². The van der Waals surface area contributed by atoms with Gasteiger partial charge in [-0.25, -0.2) is 0 Å². The molecule has 3 nitrogen and oxygen atoms in total. The van der Waals surface area contributed by atoms with E-state index in [0.29, 0.717) is 0 Å². The smallest absolute Gasteiger partial charge is 0.194 e. The first-order valence-corrected chi connectivity index (χ1v) is 4.76. The molecule has 2 saturated heterocycles. The van der Waals surface area contributed by atoms with Crippen LogP contribution in [-0.2, 0) is 9.47 Å². The minimum absolute atomic E-state index is 0.193. The molecule has 3 heteroatoms. The van der Waals surface area contributed by atoms with E-state index in [1.807, 2.05) is 0 Å². The van der Waals surface area contributed by atoms with Crippen LogP contribution in [0.4, 0.5) is 0 Å². The normalized spacial score (nSPS) is 47.5. The summed E-state index contributed by atoms with van der Waals surface area (Å²) in [4.78, 5) is 0. The molecule has 0 unspecified atom stereocenters. The molecule has 0 radical (unpaired) electrons. The molecule has 0 amide bonds. The Bertz CT molecular complexity index is 163. The lowest BCUT2D eigenvalue weighted by Gasteiger charge is -2.25. The van der Waals surface area contributed by atoms with Gasteiger partial charge in [0.25, 0.3) is 0 Å².